The van der Waals surface area contributed by atoms with Gasteiger partial charge < -0.3 is 5.73 Å². The molecule has 0 atom stereocenters. The molecule has 0 aromatic carbocycles. The monoisotopic (exact) mass is 169 g/mol. The summed E-state index contributed by atoms with van der Waals surface area (Å²) in [5.74, 6) is 0.783. The van der Waals surface area contributed by atoms with Crippen molar-refractivity contribution < 1.29 is 4.79 Å². The van der Waals surface area contributed by atoms with Gasteiger partial charge in [-0.05, 0) is 25.8 Å². The van der Waals surface area contributed by atoms with E-state index in [4.69, 9.17) is 5.73 Å². The summed E-state index contributed by atoms with van der Waals surface area (Å²) >= 11 is 0. The third-order valence-corrected chi connectivity index (χ3v) is 2.91. The van der Waals surface area contributed by atoms with Crippen LogP contribution in [0, 0.1) is 11.3 Å². The third kappa shape index (κ3) is 1.86. The van der Waals surface area contributed by atoms with Crippen molar-refractivity contribution in [2.24, 2.45) is 17.1 Å². The van der Waals surface area contributed by atoms with Gasteiger partial charge in [-0.2, -0.15) is 0 Å². The van der Waals surface area contributed by atoms with Crippen LogP contribution in [0.25, 0.3) is 0 Å². The van der Waals surface area contributed by atoms with Crippen molar-refractivity contribution in [3.05, 3.63) is 0 Å². The lowest BCUT2D eigenvalue weighted by Crippen LogP contribution is -2.35. The van der Waals surface area contributed by atoms with Gasteiger partial charge in [0.25, 0.3) is 0 Å². The van der Waals surface area contributed by atoms with Crippen LogP contribution in [0.4, 0.5) is 0 Å². The van der Waals surface area contributed by atoms with Crippen molar-refractivity contribution >= 4 is 5.78 Å². The van der Waals surface area contributed by atoms with Crippen molar-refractivity contribution in [1.29, 1.82) is 0 Å². The summed E-state index contributed by atoms with van der Waals surface area (Å²) in [4.78, 5) is 11.8. The Balaban J connectivity index is 2.48. The molecule has 0 radical (unpaired) electrons. The summed E-state index contributed by atoms with van der Waals surface area (Å²) in [6.07, 6.45) is 4.26. The number of hydrogen-bond donors (Lipinski definition) is 1. The largest absolute Gasteiger partial charge is 0.330 e. The van der Waals surface area contributed by atoms with Gasteiger partial charge in [-0.3, -0.25) is 4.79 Å². The lowest BCUT2D eigenvalue weighted by atomic mass is 9.71. The fraction of sp³-hybridized carbons (Fsp3) is 0.900. The summed E-state index contributed by atoms with van der Waals surface area (Å²) < 4.78 is 0. The smallest absolute Gasteiger partial charge is 0.141 e. The topological polar surface area (TPSA) is 43.1 Å². The second kappa shape index (κ2) is 3.56. The van der Waals surface area contributed by atoms with Gasteiger partial charge in [-0.1, -0.05) is 20.3 Å². The summed E-state index contributed by atoms with van der Waals surface area (Å²) in [6, 6.07) is 0. The maximum Gasteiger partial charge on any atom is 0.141 e. The molecule has 0 aromatic rings. The summed E-state index contributed by atoms with van der Waals surface area (Å²) in [5.41, 5.74) is 5.28. The van der Waals surface area contributed by atoms with Gasteiger partial charge in [0.1, 0.15) is 5.78 Å². The molecular formula is C10H19NO. The predicted octanol–water partition coefficient (Wildman–Crippen LogP) is 1.73. The van der Waals surface area contributed by atoms with Crippen molar-refractivity contribution in [2.75, 3.05) is 6.54 Å². The molecule has 1 fully saturated rings. The minimum atomic E-state index is -0.181. The van der Waals surface area contributed by atoms with Crippen LogP contribution in [0.1, 0.15) is 39.5 Å². The van der Waals surface area contributed by atoms with E-state index < -0.39 is 0 Å². The van der Waals surface area contributed by atoms with E-state index in [1.807, 2.05) is 13.8 Å². The summed E-state index contributed by atoms with van der Waals surface area (Å²) in [5, 5.41) is 0. The SMILES string of the molecule is CC(C)(CCN)C(=O)C1CCC1. The van der Waals surface area contributed by atoms with E-state index >= 15 is 0 Å². The molecule has 0 saturated heterocycles. The number of carbonyl (C=O) groups excluding carboxylic acids is 1. The molecule has 2 N–H and O–H groups in total. The molecule has 0 bridgehead atoms. The van der Waals surface area contributed by atoms with Crippen molar-refractivity contribution in [1.82, 2.24) is 0 Å². The van der Waals surface area contributed by atoms with E-state index in [2.05, 4.69) is 0 Å². The predicted molar refractivity (Wildman–Crippen MR) is 49.8 cm³/mol. The number of Topliss-reactive ketones (excluding diaryl/α,β-unsaturated/α-hetero) is 1. The molecule has 1 rings (SSSR count). The van der Waals surface area contributed by atoms with Gasteiger partial charge in [0.2, 0.25) is 0 Å². The van der Waals surface area contributed by atoms with Crippen LogP contribution in [-0.4, -0.2) is 12.3 Å². The summed E-state index contributed by atoms with van der Waals surface area (Å²) in [6.45, 7) is 4.65. The fourth-order valence-corrected chi connectivity index (χ4v) is 1.71. The first kappa shape index (κ1) is 9.72. The fourth-order valence-electron chi connectivity index (χ4n) is 1.71. The van der Waals surface area contributed by atoms with Crippen LogP contribution in [0.5, 0.6) is 0 Å². The van der Waals surface area contributed by atoms with E-state index in [9.17, 15) is 4.79 Å². The Kier molecular flexibility index (Phi) is 2.89. The molecule has 0 amide bonds. The van der Waals surface area contributed by atoms with Crippen LogP contribution in [-0.2, 0) is 4.79 Å². The number of ketones is 1. The minimum absolute atomic E-state index is 0.181. The second-order valence-corrected chi connectivity index (χ2v) is 4.41. The van der Waals surface area contributed by atoms with Gasteiger partial charge in [0, 0.05) is 11.3 Å². The van der Waals surface area contributed by atoms with Crippen molar-refractivity contribution in [3.8, 4) is 0 Å². The number of rotatable bonds is 4. The van der Waals surface area contributed by atoms with Gasteiger partial charge in [-0.25, -0.2) is 0 Å². The van der Waals surface area contributed by atoms with E-state index in [1.54, 1.807) is 0 Å². The molecule has 0 spiro atoms. The maximum absolute atomic E-state index is 11.8. The first-order valence-corrected chi connectivity index (χ1v) is 4.82. The van der Waals surface area contributed by atoms with Crippen molar-refractivity contribution in [2.45, 2.75) is 39.5 Å². The summed E-state index contributed by atoms with van der Waals surface area (Å²) in [7, 11) is 0. The third-order valence-electron chi connectivity index (χ3n) is 2.91. The molecule has 2 nitrogen and oxygen atoms in total. The zero-order valence-corrected chi connectivity index (χ0v) is 8.10. The highest BCUT2D eigenvalue weighted by atomic mass is 16.1. The molecule has 0 aromatic heterocycles. The van der Waals surface area contributed by atoms with Crippen LogP contribution >= 0.6 is 0 Å². The quantitative estimate of drug-likeness (QED) is 0.696. The van der Waals surface area contributed by atoms with Crippen LogP contribution in [0.15, 0.2) is 0 Å². The van der Waals surface area contributed by atoms with Crippen LogP contribution in [0.2, 0.25) is 0 Å². The molecule has 1 saturated carbocycles. The highest BCUT2D eigenvalue weighted by molar-refractivity contribution is 5.86. The van der Waals surface area contributed by atoms with Gasteiger partial charge in [0.05, 0.1) is 0 Å². The average Bonchev–Trinajstić information content (AvgIpc) is 1.83. The van der Waals surface area contributed by atoms with Gasteiger partial charge >= 0.3 is 0 Å². The lowest BCUT2D eigenvalue weighted by Gasteiger charge is -2.32. The molecular weight excluding hydrogens is 150 g/mol. The van der Waals surface area contributed by atoms with E-state index in [1.165, 1.54) is 6.42 Å². The van der Waals surface area contributed by atoms with E-state index in [0.29, 0.717) is 18.2 Å². The molecule has 70 valence electrons. The minimum Gasteiger partial charge on any atom is -0.330 e. The van der Waals surface area contributed by atoms with Crippen LogP contribution < -0.4 is 5.73 Å². The van der Waals surface area contributed by atoms with Crippen molar-refractivity contribution in [3.63, 3.8) is 0 Å². The standard InChI is InChI=1S/C10H19NO/c1-10(2,6-7-11)9(12)8-4-3-5-8/h8H,3-7,11H2,1-2H3. The molecule has 0 heterocycles. The Morgan fingerprint density at radius 3 is 2.42 bits per heavy atom. The molecule has 12 heavy (non-hydrogen) atoms. The molecule has 0 aliphatic heterocycles. The number of carbonyl (C=O) groups is 1. The molecule has 0 unspecified atom stereocenters. The highest BCUT2D eigenvalue weighted by Gasteiger charge is 2.35. The Hall–Kier alpha value is -0.370. The van der Waals surface area contributed by atoms with Gasteiger partial charge in [0.15, 0.2) is 0 Å². The zero-order chi connectivity index (χ0) is 9.19. The molecule has 2 heteroatoms. The Morgan fingerprint density at radius 1 is 1.50 bits per heavy atom. The zero-order valence-electron chi connectivity index (χ0n) is 8.10. The Bertz CT molecular complexity index is 171. The lowest BCUT2D eigenvalue weighted by molar-refractivity contribution is -0.134. The molecule has 1 aliphatic rings. The Morgan fingerprint density at radius 2 is 2.08 bits per heavy atom. The van der Waals surface area contributed by atoms with Gasteiger partial charge in [-0.15, -0.1) is 0 Å². The Labute approximate surface area is 74.5 Å². The first-order chi connectivity index (χ1) is 5.58. The van der Waals surface area contributed by atoms with Crippen LogP contribution in [0.3, 0.4) is 0 Å². The highest BCUT2D eigenvalue weighted by Crippen LogP contribution is 2.35. The second-order valence-electron chi connectivity index (χ2n) is 4.41. The van der Waals surface area contributed by atoms with E-state index in [0.717, 1.165) is 19.3 Å². The average molecular weight is 169 g/mol. The molecule has 1 aliphatic carbocycles. The number of hydrogen-bond acceptors (Lipinski definition) is 2. The normalized spacial score (nSPS) is 18.9. The first-order valence-electron chi connectivity index (χ1n) is 4.82. The maximum atomic E-state index is 11.8. The van der Waals surface area contributed by atoms with E-state index in [-0.39, 0.29) is 5.41 Å². The number of nitrogens with two attached hydrogens (primary N) is 1.